The summed E-state index contributed by atoms with van der Waals surface area (Å²) in [7, 11) is 0. The van der Waals surface area contributed by atoms with Crippen LogP contribution >= 0.6 is 11.3 Å². The van der Waals surface area contributed by atoms with Gasteiger partial charge >= 0.3 is 0 Å². The number of amides is 1. The summed E-state index contributed by atoms with van der Waals surface area (Å²) in [5.41, 5.74) is 0.585. The van der Waals surface area contributed by atoms with Crippen molar-refractivity contribution >= 4 is 22.4 Å². The molecule has 140 valence electrons. The molecule has 0 aromatic carbocycles. The Balaban J connectivity index is 1.45. The van der Waals surface area contributed by atoms with Gasteiger partial charge in [0.05, 0.1) is 6.10 Å². The molecule has 0 bridgehead atoms. The second kappa shape index (κ2) is 8.18. The lowest BCUT2D eigenvalue weighted by atomic mass is 10.2. The van der Waals surface area contributed by atoms with Gasteiger partial charge in [-0.15, -0.1) is 10.2 Å². The average Bonchev–Trinajstić information content (AvgIpc) is 3.38. The van der Waals surface area contributed by atoms with Crippen molar-refractivity contribution in [2.24, 2.45) is 0 Å². The van der Waals surface area contributed by atoms with Gasteiger partial charge in [-0.2, -0.15) is 0 Å². The van der Waals surface area contributed by atoms with E-state index in [0.29, 0.717) is 12.2 Å². The Hall–Kier alpha value is -1.93. The van der Waals surface area contributed by atoms with Gasteiger partial charge in [-0.3, -0.25) is 9.36 Å². The van der Waals surface area contributed by atoms with Crippen LogP contribution in [-0.4, -0.2) is 53.0 Å². The monoisotopic (exact) mass is 375 g/mol. The molecule has 1 atom stereocenters. The predicted octanol–water partition coefficient (Wildman–Crippen LogP) is 2.62. The third kappa shape index (κ3) is 3.91. The molecule has 2 saturated heterocycles. The van der Waals surface area contributed by atoms with E-state index in [-0.39, 0.29) is 12.0 Å². The largest absolute Gasteiger partial charge is 0.376 e. The Kier molecular flexibility index (Phi) is 5.50. The maximum absolute atomic E-state index is 12.6. The van der Waals surface area contributed by atoms with Crippen molar-refractivity contribution in [1.29, 1.82) is 0 Å². The number of anilines is 1. The molecule has 2 fully saturated rings. The van der Waals surface area contributed by atoms with Gasteiger partial charge in [0.25, 0.3) is 5.91 Å². The van der Waals surface area contributed by atoms with Crippen molar-refractivity contribution < 1.29 is 9.53 Å². The smallest absolute Gasteiger partial charge is 0.268 e. The first kappa shape index (κ1) is 17.5. The maximum atomic E-state index is 12.6. The quantitative estimate of drug-likeness (QED) is 0.870. The van der Waals surface area contributed by atoms with Crippen LogP contribution in [0, 0.1) is 0 Å². The lowest BCUT2D eigenvalue weighted by Gasteiger charge is -2.17. The number of carbonyl (C=O) groups excluding carboxylic acids is 1. The van der Waals surface area contributed by atoms with Crippen LogP contribution in [0.25, 0.3) is 5.13 Å². The summed E-state index contributed by atoms with van der Waals surface area (Å²) in [4.78, 5) is 14.9. The van der Waals surface area contributed by atoms with E-state index >= 15 is 0 Å². The Morgan fingerprint density at radius 1 is 1.19 bits per heavy atom. The van der Waals surface area contributed by atoms with Crippen molar-refractivity contribution in [3.8, 4) is 5.13 Å². The summed E-state index contributed by atoms with van der Waals surface area (Å²) >= 11 is 1.54. The summed E-state index contributed by atoms with van der Waals surface area (Å²) in [5, 5.41) is 13.4. The molecule has 1 amide bonds. The summed E-state index contributed by atoms with van der Waals surface area (Å²) in [6, 6.07) is 3.69. The highest BCUT2D eigenvalue weighted by Gasteiger charge is 2.20. The molecule has 4 rings (SSSR count). The number of nitrogens with zero attached hydrogens (tertiary/aromatic N) is 4. The lowest BCUT2D eigenvalue weighted by molar-refractivity contribution is 0.0852. The molecule has 7 nitrogen and oxygen atoms in total. The molecule has 2 aliphatic heterocycles. The van der Waals surface area contributed by atoms with E-state index in [4.69, 9.17) is 4.74 Å². The number of rotatable bonds is 5. The number of hydrogen-bond donors (Lipinski definition) is 1. The molecule has 0 radical (unpaired) electrons. The fraction of sp³-hybridized carbons (Fsp3) is 0.611. The molecule has 2 aromatic heterocycles. The summed E-state index contributed by atoms with van der Waals surface area (Å²) < 4.78 is 7.39. The van der Waals surface area contributed by atoms with Gasteiger partial charge in [0, 0.05) is 32.4 Å². The highest BCUT2D eigenvalue weighted by Crippen LogP contribution is 2.26. The minimum atomic E-state index is -0.1000. The van der Waals surface area contributed by atoms with Crippen LogP contribution in [-0.2, 0) is 4.74 Å². The first-order valence-corrected chi connectivity index (χ1v) is 10.3. The fourth-order valence-electron chi connectivity index (χ4n) is 3.53. The summed E-state index contributed by atoms with van der Waals surface area (Å²) in [6.45, 7) is 3.42. The van der Waals surface area contributed by atoms with Crippen LogP contribution < -0.4 is 10.2 Å². The molecule has 1 N–H and O–H groups in total. The van der Waals surface area contributed by atoms with Gasteiger partial charge in [0.2, 0.25) is 10.3 Å². The number of ether oxygens (including phenoxy) is 1. The minimum absolute atomic E-state index is 0.1000. The zero-order valence-electron chi connectivity index (χ0n) is 14.9. The van der Waals surface area contributed by atoms with Crippen molar-refractivity contribution in [2.75, 3.05) is 31.1 Å². The van der Waals surface area contributed by atoms with E-state index in [1.165, 1.54) is 25.7 Å². The molecular formula is C18H25N5O2S. The molecule has 0 spiro atoms. The fourth-order valence-corrected chi connectivity index (χ4v) is 4.43. The van der Waals surface area contributed by atoms with E-state index in [2.05, 4.69) is 20.4 Å². The number of nitrogens with one attached hydrogen (secondary N) is 1. The van der Waals surface area contributed by atoms with Gasteiger partial charge in [0.1, 0.15) is 5.69 Å². The van der Waals surface area contributed by atoms with Crippen LogP contribution in [0.1, 0.15) is 49.0 Å². The van der Waals surface area contributed by atoms with Crippen molar-refractivity contribution in [1.82, 2.24) is 20.1 Å². The molecule has 8 heteroatoms. The molecular weight excluding hydrogens is 350 g/mol. The lowest BCUT2D eigenvalue weighted by Crippen LogP contribution is -2.32. The van der Waals surface area contributed by atoms with Crippen LogP contribution in [0.4, 0.5) is 5.13 Å². The summed E-state index contributed by atoms with van der Waals surface area (Å²) in [6.07, 6.45) is 9.07. The molecule has 4 heterocycles. The zero-order chi connectivity index (χ0) is 17.8. The standard InChI is InChI=1S/C18H25N5O2S/c24-16(19-13-14-7-6-12-25-14)15-8-5-11-23(15)18-21-20-17(26-18)22-9-3-1-2-4-10-22/h5,8,11,14H,1-4,6-7,9-10,12-13H2,(H,19,24)/t14-/m0/s1. The molecule has 0 unspecified atom stereocenters. The van der Waals surface area contributed by atoms with Crippen molar-refractivity contribution in [3.05, 3.63) is 24.0 Å². The normalized spacial score (nSPS) is 20.9. The Morgan fingerprint density at radius 3 is 2.77 bits per heavy atom. The van der Waals surface area contributed by atoms with Gasteiger partial charge in [-0.25, -0.2) is 0 Å². The zero-order valence-corrected chi connectivity index (χ0v) is 15.7. The second-order valence-corrected chi connectivity index (χ2v) is 7.81. The average molecular weight is 375 g/mol. The SMILES string of the molecule is O=C(NC[C@@H]1CCCO1)c1cccn1-c1nnc(N2CCCCCC2)s1. The number of hydrogen-bond acceptors (Lipinski definition) is 6. The molecule has 0 saturated carbocycles. The first-order chi connectivity index (χ1) is 12.8. The first-order valence-electron chi connectivity index (χ1n) is 9.47. The number of aromatic nitrogens is 3. The molecule has 2 aromatic rings. The molecule has 0 aliphatic carbocycles. The van der Waals surface area contributed by atoms with Crippen LogP contribution in [0.15, 0.2) is 18.3 Å². The van der Waals surface area contributed by atoms with Crippen molar-refractivity contribution in [2.45, 2.75) is 44.6 Å². The third-order valence-electron chi connectivity index (χ3n) is 4.98. The topological polar surface area (TPSA) is 72.3 Å². The van der Waals surface area contributed by atoms with Crippen LogP contribution in [0.3, 0.4) is 0 Å². The van der Waals surface area contributed by atoms with E-state index in [1.807, 2.05) is 22.9 Å². The van der Waals surface area contributed by atoms with E-state index in [0.717, 1.165) is 42.8 Å². The second-order valence-electron chi connectivity index (χ2n) is 6.88. The van der Waals surface area contributed by atoms with Crippen LogP contribution in [0.2, 0.25) is 0 Å². The van der Waals surface area contributed by atoms with Crippen LogP contribution in [0.5, 0.6) is 0 Å². The maximum Gasteiger partial charge on any atom is 0.268 e. The van der Waals surface area contributed by atoms with E-state index in [1.54, 1.807) is 11.3 Å². The Labute approximate surface area is 157 Å². The van der Waals surface area contributed by atoms with E-state index < -0.39 is 0 Å². The van der Waals surface area contributed by atoms with E-state index in [9.17, 15) is 4.79 Å². The molecule has 2 aliphatic rings. The minimum Gasteiger partial charge on any atom is -0.376 e. The number of carbonyl (C=O) groups is 1. The summed E-state index contributed by atoms with van der Waals surface area (Å²) in [5.74, 6) is -0.1000. The van der Waals surface area contributed by atoms with Gasteiger partial charge in [-0.1, -0.05) is 24.2 Å². The highest BCUT2D eigenvalue weighted by molar-refractivity contribution is 7.17. The predicted molar refractivity (Wildman–Crippen MR) is 101 cm³/mol. The Morgan fingerprint density at radius 2 is 2.00 bits per heavy atom. The Bertz CT molecular complexity index is 730. The van der Waals surface area contributed by atoms with Gasteiger partial charge < -0.3 is 15.0 Å². The van der Waals surface area contributed by atoms with Gasteiger partial charge in [-0.05, 0) is 37.8 Å². The highest BCUT2D eigenvalue weighted by atomic mass is 32.1. The third-order valence-corrected chi connectivity index (χ3v) is 5.97. The van der Waals surface area contributed by atoms with Crippen molar-refractivity contribution in [3.63, 3.8) is 0 Å². The molecule has 26 heavy (non-hydrogen) atoms. The van der Waals surface area contributed by atoms with Gasteiger partial charge in [0.15, 0.2) is 0 Å².